The van der Waals surface area contributed by atoms with Crippen molar-refractivity contribution in [2.24, 2.45) is 0 Å². The number of esters is 1. The number of amides is 1. The van der Waals surface area contributed by atoms with Gasteiger partial charge in [0.05, 0.1) is 12.4 Å². The van der Waals surface area contributed by atoms with E-state index in [1.165, 1.54) is 7.11 Å². The topological polar surface area (TPSA) is 55.4 Å². The second kappa shape index (κ2) is 3.80. The minimum Gasteiger partial charge on any atom is -0.467 e. The number of rotatable bonds is 3. The predicted octanol–water partition coefficient (Wildman–Crippen LogP) is -0.221. The minimum atomic E-state index is -0.538. The monoisotopic (exact) mass is 189 g/mol. The predicted molar refractivity (Wildman–Crippen MR) is 45.9 cm³/mol. The van der Waals surface area contributed by atoms with Crippen molar-refractivity contribution in [1.29, 1.82) is 0 Å². The number of methoxy groups -OCH3 is 1. The van der Waals surface area contributed by atoms with Crippen LogP contribution < -0.4 is 5.32 Å². The molecule has 2 atom stereocenters. The van der Waals surface area contributed by atoms with Gasteiger partial charge in [-0.2, -0.15) is 0 Å². The largest absolute Gasteiger partial charge is 0.467 e. The summed E-state index contributed by atoms with van der Waals surface area (Å²) in [6.07, 6.45) is 0. The zero-order chi connectivity index (χ0) is 9.14. The number of nitrogens with one attached hydrogen (secondary N) is 1. The molecule has 0 bridgehead atoms. The van der Waals surface area contributed by atoms with Gasteiger partial charge in [-0.15, -0.1) is 11.8 Å². The Morgan fingerprint density at radius 1 is 1.67 bits per heavy atom. The first-order chi connectivity index (χ1) is 5.65. The second-order valence-electron chi connectivity index (χ2n) is 2.58. The summed E-state index contributed by atoms with van der Waals surface area (Å²) in [5, 5.41) is 2.61. The summed E-state index contributed by atoms with van der Waals surface area (Å²) in [6, 6.07) is -0.538. The molecule has 1 aliphatic heterocycles. The van der Waals surface area contributed by atoms with Gasteiger partial charge < -0.3 is 10.1 Å². The molecule has 0 unspecified atom stereocenters. The highest BCUT2D eigenvalue weighted by atomic mass is 32.2. The molecule has 12 heavy (non-hydrogen) atoms. The van der Waals surface area contributed by atoms with Gasteiger partial charge in [-0.1, -0.05) is 0 Å². The Morgan fingerprint density at radius 2 is 2.25 bits per heavy atom. The van der Waals surface area contributed by atoms with Crippen LogP contribution in [0.15, 0.2) is 0 Å². The van der Waals surface area contributed by atoms with E-state index in [1.54, 1.807) is 18.7 Å². The van der Waals surface area contributed by atoms with Crippen LogP contribution in [0.25, 0.3) is 0 Å². The Morgan fingerprint density at radius 3 is 2.67 bits per heavy atom. The molecule has 1 saturated heterocycles. The molecule has 5 heteroatoms. The van der Waals surface area contributed by atoms with Crippen molar-refractivity contribution >= 4 is 23.6 Å². The molecular weight excluding hydrogens is 178 g/mol. The van der Waals surface area contributed by atoms with Crippen LogP contribution in [0.1, 0.15) is 6.92 Å². The summed E-state index contributed by atoms with van der Waals surface area (Å²) in [6.45, 7) is 1.61. The Labute approximate surface area is 75.0 Å². The Bertz CT molecular complexity index is 203. The Hall–Kier alpha value is -0.710. The third kappa shape index (κ3) is 2.41. The number of hydrogen-bond acceptors (Lipinski definition) is 4. The van der Waals surface area contributed by atoms with Crippen LogP contribution in [-0.2, 0) is 14.3 Å². The maximum absolute atomic E-state index is 11.1. The zero-order valence-electron chi connectivity index (χ0n) is 6.99. The summed E-state index contributed by atoms with van der Waals surface area (Å²) in [7, 11) is 1.30. The molecule has 1 heterocycles. The molecule has 1 rings (SSSR count). The van der Waals surface area contributed by atoms with Crippen molar-refractivity contribution in [2.75, 3.05) is 12.9 Å². The molecule has 0 radical (unpaired) electrons. The lowest BCUT2D eigenvalue weighted by Crippen LogP contribution is -2.41. The van der Waals surface area contributed by atoms with Gasteiger partial charge in [0.15, 0.2) is 0 Å². The van der Waals surface area contributed by atoms with Crippen LogP contribution in [0.4, 0.5) is 0 Å². The van der Waals surface area contributed by atoms with Gasteiger partial charge in [0.25, 0.3) is 0 Å². The Balaban J connectivity index is 2.29. The molecule has 1 N–H and O–H groups in total. The molecule has 1 amide bonds. The summed E-state index contributed by atoms with van der Waals surface area (Å²) in [5.74, 6) is 0.381. The van der Waals surface area contributed by atoms with E-state index in [2.05, 4.69) is 10.1 Å². The van der Waals surface area contributed by atoms with Crippen LogP contribution in [0, 0.1) is 0 Å². The van der Waals surface area contributed by atoms with E-state index in [0.29, 0.717) is 0 Å². The van der Waals surface area contributed by atoms with Crippen molar-refractivity contribution in [3.8, 4) is 0 Å². The number of carbonyl (C=O) groups is 2. The van der Waals surface area contributed by atoms with Gasteiger partial charge in [0, 0.05) is 5.75 Å². The average Bonchev–Trinajstić information content (AvgIpc) is 2.84. The molecule has 0 aliphatic carbocycles. The lowest BCUT2D eigenvalue weighted by molar-refractivity contribution is -0.144. The van der Waals surface area contributed by atoms with E-state index < -0.39 is 12.0 Å². The summed E-state index contributed by atoms with van der Waals surface area (Å²) in [4.78, 5) is 21.9. The second-order valence-corrected chi connectivity index (χ2v) is 3.81. The first-order valence-corrected chi connectivity index (χ1v) is 4.70. The van der Waals surface area contributed by atoms with Gasteiger partial charge >= 0.3 is 5.97 Å². The standard InChI is InChI=1S/C7H11NO3S/c1-4(7(10)11-2)8-6(9)5-3-12-5/h4-5H,3H2,1-2H3,(H,8,9)/t4-,5+/m0/s1. The van der Waals surface area contributed by atoms with Crippen LogP contribution in [-0.4, -0.2) is 36.0 Å². The first kappa shape index (κ1) is 9.38. The highest BCUT2D eigenvalue weighted by Crippen LogP contribution is 2.29. The fourth-order valence-corrected chi connectivity index (χ4v) is 1.21. The summed E-state index contributed by atoms with van der Waals surface area (Å²) in [5.41, 5.74) is 0. The van der Waals surface area contributed by atoms with Crippen molar-refractivity contribution in [1.82, 2.24) is 5.32 Å². The minimum absolute atomic E-state index is 0.0529. The van der Waals surface area contributed by atoms with E-state index in [1.807, 2.05) is 0 Å². The average molecular weight is 189 g/mol. The van der Waals surface area contributed by atoms with E-state index in [0.717, 1.165) is 5.75 Å². The van der Waals surface area contributed by atoms with Crippen molar-refractivity contribution in [3.63, 3.8) is 0 Å². The molecular formula is C7H11NO3S. The van der Waals surface area contributed by atoms with Gasteiger partial charge in [0.1, 0.15) is 6.04 Å². The van der Waals surface area contributed by atoms with Crippen molar-refractivity contribution in [2.45, 2.75) is 18.2 Å². The maximum Gasteiger partial charge on any atom is 0.328 e. The first-order valence-electron chi connectivity index (χ1n) is 3.65. The highest BCUT2D eigenvalue weighted by Gasteiger charge is 2.32. The van der Waals surface area contributed by atoms with Crippen LogP contribution in [0.3, 0.4) is 0 Å². The fourth-order valence-electron chi connectivity index (χ4n) is 0.742. The lowest BCUT2D eigenvalue weighted by Gasteiger charge is -2.09. The van der Waals surface area contributed by atoms with E-state index in [4.69, 9.17) is 0 Å². The molecule has 0 aromatic rings. The normalized spacial score (nSPS) is 22.7. The molecule has 1 aliphatic rings. The summed E-state index contributed by atoms with van der Waals surface area (Å²) >= 11 is 1.57. The van der Waals surface area contributed by atoms with E-state index >= 15 is 0 Å². The quantitative estimate of drug-likeness (QED) is 0.492. The SMILES string of the molecule is COC(=O)[C@H](C)NC(=O)[C@H]1CS1. The van der Waals surface area contributed by atoms with Crippen LogP contribution >= 0.6 is 11.8 Å². The molecule has 0 spiro atoms. The van der Waals surface area contributed by atoms with Crippen molar-refractivity contribution < 1.29 is 14.3 Å². The Kier molecular flexibility index (Phi) is 2.97. The number of hydrogen-bond donors (Lipinski definition) is 1. The smallest absolute Gasteiger partial charge is 0.328 e. The molecule has 0 aromatic carbocycles. The summed E-state index contributed by atoms with van der Waals surface area (Å²) < 4.78 is 4.45. The third-order valence-corrected chi connectivity index (χ3v) is 2.42. The van der Waals surface area contributed by atoms with E-state index in [9.17, 15) is 9.59 Å². The lowest BCUT2D eigenvalue weighted by atomic mass is 10.3. The van der Waals surface area contributed by atoms with Crippen molar-refractivity contribution in [3.05, 3.63) is 0 Å². The molecule has 4 nitrogen and oxygen atoms in total. The van der Waals surface area contributed by atoms with Crippen LogP contribution in [0.5, 0.6) is 0 Å². The van der Waals surface area contributed by atoms with E-state index in [-0.39, 0.29) is 11.2 Å². The van der Waals surface area contributed by atoms with Gasteiger partial charge in [-0.3, -0.25) is 4.79 Å². The molecule has 0 saturated carbocycles. The number of carbonyl (C=O) groups excluding carboxylic acids is 2. The maximum atomic E-state index is 11.1. The van der Waals surface area contributed by atoms with Crippen LogP contribution in [0.2, 0.25) is 0 Å². The molecule has 68 valence electrons. The fraction of sp³-hybridized carbons (Fsp3) is 0.714. The van der Waals surface area contributed by atoms with Gasteiger partial charge in [-0.05, 0) is 6.92 Å². The molecule has 0 aromatic heterocycles. The number of ether oxygens (including phenoxy) is 1. The highest BCUT2D eigenvalue weighted by molar-refractivity contribution is 8.07. The zero-order valence-corrected chi connectivity index (χ0v) is 7.81. The van der Waals surface area contributed by atoms with Gasteiger partial charge in [-0.25, -0.2) is 4.79 Å². The third-order valence-electron chi connectivity index (χ3n) is 1.54. The number of thioether (sulfide) groups is 1. The van der Waals surface area contributed by atoms with Gasteiger partial charge in [0.2, 0.25) is 5.91 Å². The molecule has 1 fully saturated rings.